The molecule has 3 aliphatic heterocycles. The van der Waals surface area contributed by atoms with Crippen LogP contribution >= 0.6 is 0 Å². The van der Waals surface area contributed by atoms with E-state index >= 15 is 0 Å². The summed E-state index contributed by atoms with van der Waals surface area (Å²) < 4.78 is 5.84. The van der Waals surface area contributed by atoms with E-state index < -0.39 is 0 Å². The summed E-state index contributed by atoms with van der Waals surface area (Å²) in [6.45, 7) is 14.3. The molecule has 3 heterocycles. The Hall–Kier alpha value is -0.810. The van der Waals surface area contributed by atoms with Gasteiger partial charge < -0.3 is 19.9 Å². The van der Waals surface area contributed by atoms with Gasteiger partial charge in [-0.05, 0) is 77.4 Å². The van der Waals surface area contributed by atoms with Crippen LogP contribution in [0.5, 0.6) is 0 Å². The van der Waals surface area contributed by atoms with E-state index in [1.165, 1.54) is 64.6 Å². The van der Waals surface area contributed by atoms with Crippen LogP contribution in [0, 0.1) is 11.3 Å². The Balaban J connectivity index is 1.51. The van der Waals surface area contributed by atoms with Crippen LogP contribution < -0.4 is 5.32 Å². The fourth-order valence-electron chi connectivity index (χ4n) is 4.99. The summed E-state index contributed by atoms with van der Waals surface area (Å²) in [6.07, 6.45) is 9.07. The maximum absolute atomic E-state index is 5.84. The Morgan fingerprint density at radius 1 is 1.15 bits per heavy atom. The van der Waals surface area contributed by atoms with Crippen LogP contribution in [0.1, 0.15) is 58.8 Å². The Morgan fingerprint density at radius 3 is 2.65 bits per heavy atom. The number of piperidine rings is 2. The highest BCUT2D eigenvalue weighted by molar-refractivity contribution is 5.80. The zero-order chi connectivity index (χ0) is 18.2. The third kappa shape index (κ3) is 5.35. The highest BCUT2D eigenvalue weighted by Gasteiger charge is 2.38. The van der Waals surface area contributed by atoms with E-state index in [0.717, 1.165) is 51.3 Å². The minimum Gasteiger partial charge on any atom is -0.381 e. The topological polar surface area (TPSA) is 40.1 Å². The van der Waals surface area contributed by atoms with Crippen LogP contribution in [-0.2, 0) is 4.74 Å². The molecule has 3 rings (SSSR count). The van der Waals surface area contributed by atoms with Gasteiger partial charge in [-0.3, -0.25) is 4.99 Å². The monoisotopic (exact) mass is 364 g/mol. The highest BCUT2D eigenvalue weighted by atomic mass is 16.5. The number of nitrogens with one attached hydrogen (secondary N) is 1. The number of hydrogen-bond acceptors (Lipinski definition) is 3. The van der Waals surface area contributed by atoms with Gasteiger partial charge in [-0.15, -0.1) is 0 Å². The van der Waals surface area contributed by atoms with Crippen molar-refractivity contribution in [1.82, 2.24) is 15.1 Å². The van der Waals surface area contributed by atoms with Crippen molar-refractivity contribution in [2.45, 2.75) is 58.8 Å². The van der Waals surface area contributed by atoms with E-state index in [1.54, 1.807) is 0 Å². The second-order valence-corrected chi connectivity index (χ2v) is 8.58. The first kappa shape index (κ1) is 19.9. The molecule has 0 aromatic rings. The first-order valence-electron chi connectivity index (χ1n) is 11.1. The predicted octanol–water partition coefficient (Wildman–Crippen LogP) is 2.97. The minimum absolute atomic E-state index is 0.375. The average Bonchev–Trinajstić information content (AvgIpc) is 2.68. The number of rotatable bonds is 5. The molecule has 3 saturated heterocycles. The molecule has 3 aliphatic rings. The Morgan fingerprint density at radius 2 is 1.96 bits per heavy atom. The van der Waals surface area contributed by atoms with Crippen LogP contribution in [0.4, 0.5) is 0 Å². The van der Waals surface area contributed by atoms with Crippen molar-refractivity contribution in [1.29, 1.82) is 0 Å². The molecule has 1 N–H and O–H groups in total. The second kappa shape index (κ2) is 9.93. The number of nitrogens with zero attached hydrogens (tertiary/aromatic N) is 3. The molecule has 0 aromatic heterocycles. The molecule has 0 bridgehead atoms. The van der Waals surface area contributed by atoms with Gasteiger partial charge in [0.05, 0.1) is 6.61 Å². The molecular formula is C21H40N4O. The van der Waals surface area contributed by atoms with Gasteiger partial charge in [0.2, 0.25) is 0 Å². The third-order valence-electron chi connectivity index (χ3n) is 6.65. The third-order valence-corrected chi connectivity index (χ3v) is 6.65. The second-order valence-electron chi connectivity index (χ2n) is 8.58. The molecule has 0 amide bonds. The predicted molar refractivity (Wildman–Crippen MR) is 109 cm³/mol. The molecular weight excluding hydrogens is 324 g/mol. The van der Waals surface area contributed by atoms with Crippen LogP contribution in [-0.4, -0.2) is 74.8 Å². The molecule has 150 valence electrons. The van der Waals surface area contributed by atoms with Gasteiger partial charge in [-0.1, -0.05) is 6.92 Å². The zero-order valence-corrected chi connectivity index (χ0v) is 17.1. The Bertz CT molecular complexity index is 434. The fourth-order valence-corrected chi connectivity index (χ4v) is 4.99. The molecule has 1 spiro atoms. The number of likely N-dealkylation sites (tertiary alicyclic amines) is 2. The molecule has 0 saturated carbocycles. The maximum atomic E-state index is 5.84. The minimum atomic E-state index is 0.375. The summed E-state index contributed by atoms with van der Waals surface area (Å²) in [5.74, 6) is 2.01. The van der Waals surface area contributed by atoms with Crippen molar-refractivity contribution in [2.24, 2.45) is 16.3 Å². The lowest BCUT2D eigenvalue weighted by Gasteiger charge is -2.45. The van der Waals surface area contributed by atoms with Gasteiger partial charge in [0, 0.05) is 38.2 Å². The van der Waals surface area contributed by atoms with Crippen molar-refractivity contribution >= 4 is 5.96 Å². The number of hydrogen-bond donors (Lipinski definition) is 1. The van der Waals surface area contributed by atoms with Crippen molar-refractivity contribution < 1.29 is 4.74 Å². The lowest BCUT2D eigenvalue weighted by Crippen LogP contribution is -2.53. The van der Waals surface area contributed by atoms with Gasteiger partial charge in [-0.2, -0.15) is 0 Å². The van der Waals surface area contributed by atoms with E-state index in [-0.39, 0.29) is 0 Å². The summed E-state index contributed by atoms with van der Waals surface area (Å²) in [4.78, 5) is 10.1. The van der Waals surface area contributed by atoms with E-state index in [9.17, 15) is 0 Å². The number of aliphatic imine (C=N–C) groups is 1. The van der Waals surface area contributed by atoms with Crippen molar-refractivity contribution in [3.05, 3.63) is 0 Å². The maximum Gasteiger partial charge on any atom is 0.193 e. The van der Waals surface area contributed by atoms with E-state index in [0.29, 0.717) is 5.41 Å². The quantitative estimate of drug-likeness (QED) is 0.601. The SMILES string of the molecule is CCNC(=NCCC1CCN(CC)CC1)N1CCCC2(CCCOC2)C1. The Labute approximate surface area is 160 Å². The fraction of sp³-hybridized carbons (Fsp3) is 0.952. The van der Waals surface area contributed by atoms with Gasteiger partial charge in [0.15, 0.2) is 5.96 Å². The highest BCUT2D eigenvalue weighted by Crippen LogP contribution is 2.37. The lowest BCUT2D eigenvalue weighted by molar-refractivity contribution is -0.0370. The number of guanidine groups is 1. The molecule has 5 heteroatoms. The first-order chi connectivity index (χ1) is 12.7. The molecule has 26 heavy (non-hydrogen) atoms. The molecule has 1 unspecified atom stereocenters. The smallest absolute Gasteiger partial charge is 0.193 e. The van der Waals surface area contributed by atoms with Crippen LogP contribution in [0.25, 0.3) is 0 Å². The normalized spacial score (nSPS) is 29.3. The van der Waals surface area contributed by atoms with E-state index in [2.05, 4.69) is 29.0 Å². The average molecular weight is 365 g/mol. The molecule has 1 atom stereocenters. The molecule has 3 fully saturated rings. The van der Waals surface area contributed by atoms with Gasteiger partial charge in [-0.25, -0.2) is 0 Å². The Kier molecular flexibility index (Phi) is 7.62. The summed E-state index contributed by atoms with van der Waals surface area (Å²) in [5.41, 5.74) is 0.375. The largest absolute Gasteiger partial charge is 0.381 e. The molecule has 0 aliphatic carbocycles. The summed E-state index contributed by atoms with van der Waals surface area (Å²) >= 11 is 0. The molecule has 0 radical (unpaired) electrons. The van der Waals surface area contributed by atoms with Gasteiger partial charge in [0.25, 0.3) is 0 Å². The molecule has 5 nitrogen and oxygen atoms in total. The van der Waals surface area contributed by atoms with Crippen molar-refractivity contribution in [3.63, 3.8) is 0 Å². The van der Waals surface area contributed by atoms with Gasteiger partial charge >= 0.3 is 0 Å². The zero-order valence-electron chi connectivity index (χ0n) is 17.1. The summed E-state index contributed by atoms with van der Waals surface area (Å²) in [5, 5.41) is 3.56. The van der Waals surface area contributed by atoms with Gasteiger partial charge in [0.1, 0.15) is 0 Å². The number of ether oxygens (including phenoxy) is 1. The van der Waals surface area contributed by atoms with E-state index in [4.69, 9.17) is 9.73 Å². The summed E-state index contributed by atoms with van der Waals surface area (Å²) in [6, 6.07) is 0. The summed E-state index contributed by atoms with van der Waals surface area (Å²) in [7, 11) is 0. The molecule has 0 aromatic carbocycles. The van der Waals surface area contributed by atoms with Crippen LogP contribution in [0.15, 0.2) is 4.99 Å². The van der Waals surface area contributed by atoms with Crippen LogP contribution in [0.3, 0.4) is 0 Å². The van der Waals surface area contributed by atoms with E-state index in [1.807, 2.05) is 0 Å². The van der Waals surface area contributed by atoms with Crippen molar-refractivity contribution in [2.75, 3.05) is 59.0 Å². The first-order valence-corrected chi connectivity index (χ1v) is 11.1. The van der Waals surface area contributed by atoms with Crippen LogP contribution in [0.2, 0.25) is 0 Å². The standard InChI is InChI=1S/C21H40N4O/c1-3-22-20(23-12-7-19-8-14-24(4-2)15-9-19)25-13-5-10-21(17-25)11-6-16-26-18-21/h19H,3-18H2,1-2H3,(H,22,23). The van der Waals surface area contributed by atoms with Crippen molar-refractivity contribution in [3.8, 4) is 0 Å². The lowest BCUT2D eigenvalue weighted by atomic mass is 9.76.